The molecule has 1 aromatic carbocycles. The first-order valence-electron chi connectivity index (χ1n) is 7.27. The van der Waals surface area contributed by atoms with Gasteiger partial charge in [0.1, 0.15) is 0 Å². The summed E-state index contributed by atoms with van der Waals surface area (Å²) in [5, 5.41) is 0. The Hall–Kier alpha value is -2.17. The van der Waals surface area contributed by atoms with Crippen molar-refractivity contribution < 1.29 is 19.1 Å². The number of esters is 1. The SMILES string of the molecule is COC(=O)C(CN1C(=O)c2ccccc2C1=O)CC(C)(C)C. The van der Waals surface area contributed by atoms with Gasteiger partial charge in [0, 0.05) is 6.54 Å². The molecule has 0 N–H and O–H groups in total. The van der Waals surface area contributed by atoms with Crippen molar-refractivity contribution in [2.24, 2.45) is 11.3 Å². The third-order valence-corrected chi connectivity index (χ3v) is 3.67. The van der Waals surface area contributed by atoms with Gasteiger partial charge in [0.15, 0.2) is 0 Å². The van der Waals surface area contributed by atoms with Crippen LogP contribution in [0.5, 0.6) is 0 Å². The second-order valence-corrected chi connectivity index (χ2v) is 6.75. The Morgan fingerprint density at radius 3 is 2.05 bits per heavy atom. The van der Waals surface area contributed by atoms with E-state index in [2.05, 4.69) is 0 Å². The Labute approximate surface area is 130 Å². The molecule has 1 atom stereocenters. The van der Waals surface area contributed by atoms with Gasteiger partial charge < -0.3 is 4.74 Å². The number of nitrogens with zero attached hydrogens (tertiary/aromatic N) is 1. The molecule has 0 aliphatic carbocycles. The van der Waals surface area contributed by atoms with Crippen molar-refractivity contribution in [2.45, 2.75) is 27.2 Å². The Balaban J connectivity index is 2.23. The van der Waals surface area contributed by atoms with Crippen molar-refractivity contribution in [3.8, 4) is 0 Å². The van der Waals surface area contributed by atoms with Gasteiger partial charge in [0.05, 0.1) is 24.2 Å². The van der Waals surface area contributed by atoms with E-state index in [0.29, 0.717) is 17.5 Å². The number of hydrogen-bond donors (Lipinski definition) is 0. The summed E-state index contributed by atoms with van der Waals surface area (Å²) in [4.78, 5) is 37.9. The molecule has 118 valence electrons. The van der Waals surface area contributed by atoms with Crippen molar-refractivity contribution in [3.63, 3.8) is 0 Å². The van der Waals surface area contributed by atoms with Crippen molar-refractivity contribution in [2.75, 3.05) is 13.7 Å². The maximum absolute atomic E-state index is 12.4. The molecule has 1 aromatic rings. The summed E-state index contributed by atoms with van der Waals surface area (Å²) < 4.78 is 4.83. The number of ether oxygens (including phenoxy) is 1. The molecular formula is C17H21NO4. The van der Waals surface area contributed by atoms with Gasteiger partial charge >= 0.3 is 5.97 Å². The van der Waals surface area contributed by atoms with E-state index in [1.165, 1.54) is 7.11 Å². The standard InChI is InChI=1S/C17H21NO4/c1-17(2,3)9-11(16(21)22-4)10-18-14(19)12-7-5-6-8-13(12)15(18)20/h5-8,11H,9-10H2,1-4H3. The molecule has 0 saturated carbocycles. The lowest BCUT2D eigenvalue weighted by atomic mass is 9.84. The van der Waals surface area contributed by atoms with Gasteiger partial charge in [-0.25, -0.2) is 0 Å². The van der Waals surface area contributed by atoms with E-state index >= 15 is 0 Å². The van der Waals surface area contributed by atoms with Crippen molar-refractivity contribution in [1.29, 1.82) is 0 Å². The minimum Gasteiger partial charge on any atom is -0.469 e. The van der Waals surface area contributed by atoms with Gasteiger partial charge in [0.2, 0.25) is 0 Å². The van der Waals surface area contributed by atoms with Gasteiger partial charge in [-0.3, -0.25) is 19.3 Å². The largest absolute Gasteiger partial charge is 0.469 e. The predicted octanol–water partition coefficient (Wildman–Crippen LogP) is 2.51. The molecule has 0 radical (unpaired) electrons. The molecule has 1 unspecified atom stereocenters. The van der Waals surface area contributed by atoms with Gasteiger partial charge in [-0.2, -0.15) is 0 Å². The molecular weight excluding hydrogens is 282 g/mol. The van der Waals surface area contributed by atoms with Crippen LogP contribution in [0, 0.1) is 11.3 Å². The second-order valence-electron chi connectivity index (χ2n) is 6.75. The zero-order valence-corrected chi connectivity index (χ0v) is 13.4. The highest BCUT2D eigenvalue weighted by atomic mass is 16.5. The first-order chi connectivity index (χ1) is 10.2. The van der Waals surface area contributed by atoms with Gasteiger partial charge in [-0.15, -0.1) is 0 Å². The third-order valence-electron chi connectivity index (χ3n) is 3.67. The van der Waals surface area contributed by atoms with Gasteiger partial charge in [0.25, 0.3) is 11.8 Å². The van der Waals surface area contributed by atoms with Gasteiger partial charge in [-0.1, -0.05) is 32.9 Å². The minimum absolute atomic E-state index is 0.0519. The summed E-state index contributed by atoms with van der Waals surface area (Å²) in [6.07, 6.45) is 0.535. The molecule has 0 spiro atoms. The molecule has 0 saturated heterocycles. The number of carbonyl (C=O) groups excluding carboxylic acids is 3. The Kier molecular flexibility index (Phi) is 4.35. The second kappa shape index (κ2) is 5.91. The summed E-state index contributed by atoms with van der Waals surface area (Å²) in [6, 6.07) is 6.71. The summed E-state index contributed by atoms with van der Waals surface area (Å²) in [6.45, 7) is 6.07. The number of hydrogen-bond acceptors (Lipinski definition) is 4. The number of imide groups is 1. The van der Waals surface area contributed by atoms with Crippen LogP contribution in [-0.2, 0) is 9.53 Å². The number of amides is 2. The molecule has 1 heterocycles. The first-order valence-corrected chi connectivity index (χ1v) is 7.27. The molecule has 1 aliphatic rings. The Morgan fingerprint density at radius 1 is 1.14 bits per heavy atom. The van der Waals surface area contributed by atoms with Crippen molar-refractivity contribution in [3.05, 3.63) is 35.4 Å². The van der Waals surface area contributed by atoms with Crippen LogP contribution in [0.1, 0.15) is 47.9 Å². The zero-order chi connectivity index (χ0) is 16.5. The molecule has 5 nitrogen and oxygen atoms in total. The topological polar surface area (TPSA) is 63.7 Å². The van der Waals surface area contributed by atoms with E-state index in [-0.39, 0.29) is 23.8 Å². The minimum atomic E-state index is -0.521. The maximum Gasteiger partial charge on any atom is 0.310 e. The van der Waals surface area contributed by atoms with Crippen LogP contribution in [0.3, 0.4) is 0 Å². The quantitative estimate of drug-likeness (QED) is 0.633. The number of benzene rings is 1. The molecule has 1 aliphatic heterocycles. The van der Waals surface area contributed by atoms with Crippen LogP contribution >= 0.6 is 0 Å². The Bertz CT molecular complexity index is 580. The molecule has 2 amide bonds. The highest BCUT2D eigenvalue weighted by Crippen LogP contribution is 2.29. The van der Waals surface area contributed by atoms with Crippen LogP contribution < -0.4 is 0 Å². The summed E-state index contributed by atoms with van der Waals surface area (Å²) >= 11 is 0. The van der Waals surface area contributed by atoms with Crippen molar-refractivity contribution in [1.82, 2.24) is 4.90 Å². The Morgan fingerprint density at radius 2 is 1.64 bits per heavy atom. The molecule has 0 aromatic heterocycles. The van der Waals surface area contributed by atoms with Crippen LogP contribution in [0.4, 0.5) is 0 Å². The van der Waals surface area contributed by atoms with Crippen molar-refractivity contribution >= 4 is 17.8 Å². The van der Waals surface area contributed by atoms with Crippen LogP contribution in [-0.4, -0.2) is 36.3 Å². The molecule has 22 heavy (non-hydrogen) atoms. The summed E-state index contributed by atoms with van der Waals surface area (Å²) in [5.41, 5.74) is 0.677. The molecule has 2 rings (SSSR count). The average Bonchev–Trinajstić information content (AvgIpc) is 2.70. The fourth-order valence-corrected chi connectivity index (χ4v) is 2.75. The number of fused-ring (bicyclic) bond motifs is 1. The van der Waals surface area contributed by atoms with E-state index in [9.17, 15) is 14.4 Å². The lowest BCUT2D eigenvalue weighted by Crippen LogP contribution is -2.39. The molecule has 0 bridgehead atoms. The fourth-order valence-electron chi connectivity index (χ4n) is 2.75. The average molecular weight is 303 g/mol. The number of carbonyl (C=O) groups is 3. The lowest BCUT2D eigenvalue weighted by molar-refractivity contribution is -0.146. The highest BCUT2D eigenvalue weighted by Gasteiger charge is 2.38. The maximum atomic E-state index is 12.4. The normalized spacial score (nSPS) is 15.7. The van der Waals surface area contributed by atoms with Gasteiger partial charge in [-0.05, 0) is 24.0 Å². The van der Waals surface area contributed by atoms with E-state index in [0.717, 1.165) is 4.90 Å². The summed E-state index contributed by atoms with van der Waals surface area (Å²) in [5.74, 6) is -1.61. The van der Waals surface area contributed by atoms with E-state index in [4.69, 9.17) is 4.74 Å². The smallest absolute Gasteiger partial charge is 0.310 e. The number of rotatable bonds is 4. The van der Waals surface area contributed by atoms with Crippen LogP contribution in [0.2, 0.25) is 0 Å². The van der Waals surface area contributed by atoms with E-state index < -0.39 is 11.9 Å². The molecule has 5 heteroatoms. The van der Waals surface area contributed by atoms with E-state index in [1.807, 2.05) is 20.8 Å². The highest BCUT2D eigenvalue weighted by molar-refractivity contribution is 6.21. The van der Waals surface area contributed by atoms with E-state index in [1.54, 1.807) is 24.3 Å². The number of methoxy groups -OCH3 is 1. The first kappa shape index (κ1) is 16.2. The third kappa shape index (κ3) is 3.18. The predicted molar refractivity (Wildman–Crippen MR) is 81.4 cm³/mol. The zero-order valence-electron chi connectivity index (χ0n) is 13.4. The van der Waals surface area contributed by atoms with Crippen LogP contribution in [0.15, 0.2) is 24.3 Å². The van der Waals surface area contributed by atoms with Crippen LogP contribution in [0.25, 0.3) is 0 Å². The summed E-state index contributed by atoms with van der Waals surface area (Å²) in [7, 11) is 1.32. The monoisotopic (exact) mass is 303 g/mol. The molecule has 0 fully saturated rings. The lowest BCUT2D eigenvalue weighted by Gasteiger charge is -2.27. The fraction of sp³-hybridized carbons (Fsp3) is 0.471.